The number of fused-ring (bicyclic) bond motifs is 1. The Morgan fingerprint density at radius 2 is 1.72 bits per heavy atom. The van der Waals surface area contributed by atoms with Crippen LogP contribution in [-0.2, 0) is 4.79 Å². The minimum atomic E-state index is 0.308. The van der Waals surface area contributed by atoms with Gasteiger partial charge in [-0.15, -0.1) is 0 Å². The van der Waals surface area contributed by atoms with Crippen LogP contribution in [0.5, 0.6) is 0 Å². The third kappa shape index (κ3) is 1.38. The van der Waals surface area contributed by atoms with Crippen LogP contribution in [0, 0.1) is 5.92 Å². The van der Waals surface area contributed by atoms with E-state index in [9.17, 15) is 4.79 Å². The molecule has 92 valence electrons. The number of benzene rings is 1. The second kappa shape index (κ2) is 3.71. The van der Waals surface area contributed by atoms with Gasteiger partial charge in [0.2, 0.25) is 0 Å². The Bertz CT molecular complexity index is 505. The molecule has 4 aliphatic heterocycles. The average Bonchev–Trinajstić information content (AvgIpc) is 2.69. The van der Waals surface area contributed by atoms with Gasteiger partial charge in [-0.3, -0.25) is 4.79 Å². The Balaban J connectivity index is 1.76. The van der Waals surface area contributed by atoms with Crippen LogP contribution in [0.25, 0.3) is 6.08 Å². The summed E-state index contributed by atoms with van der Waals surface area (Å²) < 4.78 is 0. The van der Waals surface area contributed by atoms with Crippen LogP contribution in [0.3, 0.4) is 0 Å². The molecule has 0 amide bonds. The van der Waals surface area contributed by atoms with Crippen molar-refractivity contribution < 1.29 is 4.79 Å². The number of allylic oxidation sites excluding steroid dienone is 1. The van der Waals surface area contributed by atoms with Crippen LogP contribution in [0.2, 0.25) is 0 Å². The molecule has 4 bridgehead atoms. The van der Waals surface area contributed by atoms with Gasteiger partial charge < -0.3 is 4.90 Å². The Morgan fingerprint density at radius 3 is 2.39 bits per heavy atom. The van der Waals surface area contributed by atoms with Crippen molar-refractivity contribution in [2.45, 2.75) is 37.8 Å². The summed E-state index contributed by atoms with van der Waals surface area (Å²) in [6, 6.07) is 11.5. The lowest BCUT2D eigenvalue weighted by Crippen LogP contribution is -2.52. The number of hydrogen-bond donors (Lipinski definition) is 0. The van der Waals surface area contributed by atoms with Gasteiger partial charge in [0.05, 0.1) is 5.70 Å². The van der Waals surface area contributed by atoms with Gasteiger partial charge in [0.15, 0.2) is 5.78 Å². The zero-order valence-corrected chi connectivity index (χ0v) is 10.4. The third-order valence-electron chi connectivity index (χ3n) is 4.74. The molecule has 4 heterocycles. The van der Waals surface area contributed by atoms with E-state index >= 15 is 0 Å². The average molecular weight is 239 g/mol. The summed E-state index contributed by atoms with van der Waals surface area (Å²) in [5, 5.41) is 0. The molecule has 0 saturated carbocycles. The van der Waals surface area contributed by atoms with E-state index in [1.54, 1.807) is 0 Å². The van der Waals surface area contributed by atoms with Crippen molar-refractivity contribution in [3.63, 3.8) is 0 Å². The van der Waals surface area contributed by atoms with Crippen LogP contribution in [0.1, 0.15) is 31.2 Å². The summed E-state index contributed by atoms with van der Waals surface area (Å²) in [6.45, 7) is 0. The fourth-order valence-corrected chi connectivity index (χ4v) is 3.97. The standard InChI is InChI=1S/C16H17NO/c18-16-12-9-13-6-7-14(10-12)17(13)15(16)8-11-4-2-1-3-5-11/h1-5,8,12-14H,6-7,9-10H2. The van der Waals surface area contributed by atoms with Gasteiger partial charge in [-0.2, -0.15) is 0 Å². The van der Waals surface area contributed by atoms with Gasteiger partial charge in [0.25, 0.3) is 0 Å². The largest absolute Gasteiger partial charge is 0.363 e. The molecule has 0 N–H and O–H groups in total. The van der Waals surface area contributed by atoms with Gasteiger partial charge >= 0.3 is 0 Å². The third-order valence-corrected chi connectivity index (χ3v) is 4.74. The Hall–Kier alpha value is -1.57. The van der Waals surface area contributed by atoms with Gasteiger partial charge in [-0.05, 0) is 37.3 Å². The molecule has 4 aliphatic rings. The minimum Gasteiger partial charge on any atom is -0.363 e. The number of nitrogens with zero attached hydrogens (tertiary/aromatic N) is 1. The second-order valence-electron chi connectivity index (χ2n) is 5.77. The summed E-state index contributed by atoms with van der Waals surface area (Å²) in [6.07, 6.45) is 6.85. The van der Waals surface area contributed by atoms with Crippen molar-refractivity contribution in [3.05, 3.63) is 41.6 Å². The Labute approximate surface area is 107 Å². The van der Waals surface area contributed by atoms with E-state index in [4.69, 9.17) is 0 Å². The van der Waals surface area contributed by atoms with Crippen molar-refractivity contribution in [2.75, 3.05) is 0 Å². The van der Waals surface area contributed by atoms with Crippen molar-refractivity contribution in [1.29, 1.82) is 0 Å². The molecule has 5 rings (SSSR count). The molecule has 4 fully saturated rings. The van der Waals surface area contributed by atoms with Gasteiger partial charge in [-0.1, -0.05) is 30.3 Å². The second-order valence-corrected chi connectivity index (χ2v) is 5.77. The summed E-state index contributed by atoms with van der Waals surface area (Å²) in [4.78, 5) is 14.8. The smallest absolute Gasteiger partial charge is 0.182 e. The fraction of sp³-hybridized carbons (Fsp3) is 0.438. The lowest BCUT2D eigenvalue weighted by molar-refractivity contribution is -0.128. The van der Waals surface area contributed by atoms with E-state index in [0.717, 1.165) is 24.1 Å². The summed E-state index contributed by atoms with van der Waals surface area (Å²) >= 11 is 0. The van der Waals surface area contributed by atoms with Crippen molar-refractivity contribution >= 4 is 11.9 Å². The molecule has 2 atom stereocenters. The molecule has 1 aromatic carbocycles. The highest BCUT2D eigenvalue weighted by molar-refractivity contribution is 6.02. The van der Waals surface area contributed by atoms with Crippen LogP contribution < -0.4 is 0 Å². The quantitative estimate of drug-likeness (QED) is 0.702. The number of Topliss-reactive ketones (excluding diaryl/α,β-unsaturated/α-hetero) is 1. The zero-order chi connectivity index (χ0) is 12.1. The lowest BCUT2D eigenvalue weighted by atomic mass is 9.79. The van der Waals surface area contributed by atoms with Crippen molar-refractivity contribution in [2.24, 2.45) is 5.92 Å². The maximum absolute atomic E-state index is 12.4. The molecule has 2 heteroatoms. The highest BCUT2D eigenvalue weighted by atomic mass is 16.1. The number of carbonyl (C=O) groups is 1. The summed E-state index contributed by atoms with van der Waals surface area (Å²) in [5.74, 6) is 0.690. The molecule has 2 unspecified atom stereocenters. The van der Waals surface area contributed by atoms with Crippen molar-refractivity contribution in [3.8, 4) is 0 Å². The highest BCUT2D eigenvalue weighted by Gasteiger charge is 2.50. The number of hydrogen-bond acceptors (Lipinski definition) is 2. The molecule has 0 radical (unpaired) electrons. The van der Waals surface area contributed by atoms with Gasteiger partial charge in [-0.25, -0.2) is 0 Å². The number of carbonyl (C=O) groups excluding carboxylic acids is 1. The summed E-state index contributed by atoms with van der Waals surface area (Å²) in [7, 11) is 0. The van der Waals surface area contributed by atoms with Crippen LogP contribution in [0.15, 0.2) is 36.0 Å². The lowest BCUT2D eigenvalue weighted by Gasteiger charge is -2.47. The van der Waals surface area contributed by atoms with Crippen molar-refractivity contribution in [1.82, 2.24) is 4.90 Å². The maximum atomic E-state index is 12.4. The van der Waals surface area contributed by atoms with E-state index in [1.807, 2.05) is 18.2 Å². The topological polar surface area (TPSA) is 20.3 Å². The van der Waals surface area contributed by atoms with Crippen LogP contribution in [-0.4, -0.2) is 22.8 Å². The highest BCUT2D eigenvalue weighted by Crippen LogP contribution is 2.47. The molecule has 18 heavy (non-hydrogen) atoms. The zero-order valence-electron chi connectivity index (χ0n) is 10.4. The monoisotopic (exact) mass is 239 g/mol. The maximum Gasteiger partial charge on any atom is 0.182 e. The molecule has 0 aliphatic carbocycles. The first kappa shape index (κ1) is 10.4. The Kier molecular flexibility index (Phi) is 2.14. The molecule has 0 aromatic heterocycles. The minimum absolute atomic E-state index is 0.308. The molecular formula is C16H17NO. The Morgan fingerprint density at radius 1 is 1.06 bits per heavy atom. The SMILES string of the molecule is O=C1C(=Cc2ccccc2)N2C3CCC2CC1C3. The van der Waals surface area contributed by atoms with E-state index in [1.165, 1.54) is 12.8 Å². The first-order valence-corrected chi connectivity index (χ1v) is 6.92. The van der Waals surface area contributed by atoms with Crippen LogP contribution >= 0.6 is 0 Å². The molecule has 2 nitrogen and oxygen atoms in total. The van der Waals surface area contributed by atoms with Gasteiger partial charge in [0.1, 0.15) is 0 Å². The van der Waals surface area contributed by atoms with E-state index in [-0.39, 0.29) is 0 Å². The first-order valence-electron chi connectivity index (χ1n) is 6.92. The van der Waals surface area contributed by atoms with E-state index < -0.39 is 0 Å². The predicted molar refractivity (Wildman–Crippen MR) is 70.8 cm³/mol. The number of rotatable bonds is 1. The predicted octanol–water partition coefficient (Wildman–Crippen LogP) is 2.85. The normalized spacial score (nSPS) is 35.6. The fourth-order valence-electron chi connectivity index (χ4n) is 3.97. The molecular weight excluding hydrogens is 222 g/mol. The molecule has 0 spiro atoms. The van der Waals surface area contributed by atoms with E-state index in [2.05, 4.69) is 23.1 Å². The summed E-state index contributed by atoms with van der Waals surface area (Å²) in [5.41, 5.74) is 2.13. The van der Waals surface area contributed by atoms with E-state index in [0.29, 0.717) is 23.8 Å². The molecule has 1 aromatic rings. The first-order chi connectivity index (χ1) is 8.83. The number of ketones is 1. The van der Waals surface area contributed by atoms with Gasteiger partial charge in [0, 0.05) is 18.0 Å². The van der Waals surface area contributed by atoms with Crippen LogP contribution in [0.4, 0.5) is 0 Å². The molecule has 4 saturated heterocycles. The number of piperidine rings is 3.